The van der Waals surface area contributed by atoms with Crippen molar-refractivity contribution in [3.8, 4) is 11.3 Å². The first-order chi connectivity index (χ1) is 14.0. The van der Waals surface area contributed by atoms with Gasteiger partial charge in [-0.3, -0.25) is 4.68 Å². The Balaban J connectivity index is 1.68. The molecule has 3 heterocycles. The van der Waals surface area contributed by atoms with Gasteiger partial charge in [0.2, 0.25) is 10.0 Å². The van der Waals surface area contributed by atoms with Gasteiger partial charge in [0.25, 0.3) is 0 Å². The van der Waals surface area contributed by atoms with Crippen LogP contribution in [0.15, 0.2) is 52.1 Å². The largest absolute Gasteiger partial charge is 0.359 e. The molecule has 2 aromatic heterocycles. The first kappa shape index (κ1) is 19.8. The van der Waals surface area contributed by atoms with Gasteiger partial charge in [0.15, 0.2) is 5.76 Å². The summed E-state index contributed by atoms with van der Waals surface area (Å²) in [5.41, 5.74) is 1.27. The Hall–Kier alpha value is -2.52. The first-order valence-corrected chi connectivity index (χ1v) is 11.2. The molecule has 154 valence electrons. The third kappa shape index (κ3) is 3.97. The van der Waals surface area contributed by atoms with E-state index in [4.69, 9.17) is 4.52 Å². The fourth-order valence-electron chi connectivity index (χ4n) is 3.64. The second-order valence-electron chi connectivity index (χ2n) is 7.13. The fraction of sp³-hybridized carbons (Fsp3) is 0.400. The third-order valence-corrected chi connectivity index (χ3v) is 7.10. The SMILES string of the molecule is CCn1cc(S(=O)(=O)N2CCCCCC2c2cc(-c3ccc(F)cc3)no2)cn1. The molecule has 0 N–H and O–H groups in total. The Morgan fingerprint density at radius 1 is 1.21 bits per heavy atom. The number of rotatable bonds is 5. The number of aryl methyl sites for hydroxylation is 1. The van der Waals surface area contributed by atoms with Gasteiger partial charge in [0.1, 0.15) is 16.4 Å². The van der Waals surface area contributed by atoms with Gasteiger partial charge in [-0.25, -0.2) is 12.8 Å². The van der Waals surface area contributed by atoms with Crippen LogP contribution in [0.1, 0.15) is 44.4 Å². The summed E-state index contributed by atoms with van der Waals surface area (Å²) in [5, 5.41) is 8.21. The molecule has 1 fully saturated rings. The van der Waals surface area contributed by atoms with Gasteiger partial charge in [0, 0.05) is 30.9 Å². The van der Waals surface area contributed by atoms with E-state index in [1.165, 1.54) is 22.6 Å². The van der Waals surface area contributed by atoms with E-state index in [2.05, 4.69) is 10.3 Å². The lowest BCUT2D eigenvalue weighted by molar-refractivity contribution is 0.259. The van der Waals surface area contributed by atoms with Gasteiger partial charge in [0.05, 0.1) is 12.2 Å². The minimum Gasteiger partial charge on any atom is -0.359 e. The summed E-state index contributed by atoms with van der Waals surface area (Å²) in [6.07, 6.45) is 6.25. The summed E-state index contributed by atoms with van der Waals surface area (Å²) in [6, 6.07) is 7.28. The number of benzene rings is 1. The quantitative estimate of drug-likeness (QED) is 0.625. The van der Waals surface area contributed by atoms with Crippen LogP contribution >= 0.6 is 0 Å². The van der Waals surface area contributed by atoms with Crippen LogP contribution in [0.5, 0.6) is 0 Å². The molecule has 1 aliphatic heterocycles. The van der Waals surface area contributed by atoms with Crippen LogP contribution in [0.2, 0.25) is 0 Å². The Labute approximate surface area is 169 Å². The number of hydrogen-bond donors (Lipinski definition) is 0. The van der Waals surface area contributed by atoms with Crippen molar-refractivity contribution in [2.45, 2.75) is 50.1 Å². The maximum atomic E-state index is 13.3. The highest BCUT2D eigenvalue weighted by Crippen LogP contribution is 2.36. The monoisotopic (exact) mass is 418 g/mol. The topological polar surface area (TPSA) is 81.2 Å². The van der Waals surface area contributed by atoms with Gasteiger partial charge in [-0.05, 0) is 44.0 Å². The Morgan fingerprint density at radius 3 is 2.72 bits per heavy atom. The van der Waals surface area contributed by atoms with E-state index >= 15 is 0 Å². The predicted octanol–water partition coefficient (Wildman–Crippen LogP) is 4.00. The molecule has 1 aliphatic rings. The minimum atomic E-state index is -3.72. The third-order valence-electron chi connectivity index (χ3n) is 5.24. The summed E-state index contributed by atoms with van der Waals surface area (Å²) in [7, 11) is -3.72. The fourth-order valence-corrected chi connectivity index (χ4v) is 5.26. The van der Waals surface area contributed by atoms with Crippen LogP contribution in [-0.2, 0) is 16.6 Å². The zero-order valence-corrected chi connectivity index (χ0v) is 17.0. The second kappa shape index (κ2) is 8.08. The zero-order valence-electron chi connectivity index (χ0n) is 16.2. The highest BCUT2D eigenvalue weighted by molar-refractivity contribution is 7.89. The van der Waals surface area contributed by atoms with Crippen molar-refractivity contribution >= 4 is 10.0 Å². The lowest BCUT2D eigenvalue weighted by Gasteiger charge is -2.26. The summed E-state index contributed by atoms with van der Waals surface area (Å²) in [6.45, 7) is 2.92. The average Bonchev–Trinajstić information content (AvgIpc) is 3.33. The summed E-state index contributed by atoms with van der Waals surface area (Å²) >= 11 is 0. The van der Waals surface area contributed by atoms with Gasteiger partial charge in [-0.1, -0.05) is 18.0 Å². The Bertz CT molecular complexity index is 1080. The highest BCUT2D eigenvalue weighted by atomic mass is 32.2. The van der Waals surface area contributed by atoms with Crippen LogP contribution in [0.3, 0.4) is 0 Å². The van der Waals surface area contributed by atoms with Crippen LogP contribution in [-0.4, -0.2) is 34.2 Å². The minimum absolute atomic E-state index is 0.185. The molecule has 0 spiro atoms. The Kier molecular flexibility index (Phi) is 5.51. The molecular weight excluding hydrogens is 395 g/mol. The van der Waals surface area contributed by atoms with Gasteiger partial charge >= 0.3 is 0 Å². The lowest BCUT2D eigenvalue weighted by Crippen LogP contribution is -2.34. The predicted molar refractivity (Wildman–Crippen MR) is 105 cm³/mol. The van der Waals surface area contributed by atoms with Crippen LogP contribution in [0.4, 0.5) is 4.39 Å². The van der Waals surface area contributed by atoms with Crippen molar-refractivity contribution in [1.29, 1.82) is 0 Å². The van der Waals surface area contributed by atoms with Gasteiger partial charge in [-0.15, -0.1) is 0 Å². The maximum Gasteiger partial charge on any atom is 0.246 e. The van der Waals surface area contributed by atoms with E-state index in [9.17, 15) is 12.8 Å². The van der Waals surface area contributed by atoms with Crippen LogP contribution in [0.25, 0.3) is 11.3 Å². The number of nitrogens with zero attached hydrogens (tertiary/aromatic N) is 4. The van der Waals surface area contributed by atoms with Crippen molar-refractivity contribution in [1.82, 2.24) is 19.2 Å². The second-order valence-corrected chi connectivity index (χ2v) is 9.02. The van der Waals surface area contributed by atoms with Crippen LogP contribution < -0.4 is 0 Å². The molecule has 3 aromatic rings. The molecule has 29 heavy (non-hydrogen) atoms. The van der Waals surface area contributed by atoms with Crippen molar-refractivity contribution in [2.75, 3.05) is 6.54 Å². The standard InChI is InChI=1S/C20H23FN4O3S/c1-2-24-14-17(13-22-24)29(26,27)25-11-5-3-4-6-19(25)20-12-18(23-28-20)15-7-9-16(21)10-8-15/h7-10,12-14,19H,2-6,11H2,1H3. The summed E-state index contributed by atoms with van der Waals surface area (Å²) in [4.78, 5) is 0.185. The molecule has 0 radical (unpaired) electrons. The highest BCUT2D eigenvalue weighted by Gasteiger charge is 2.36. The molecule has 1 aromatic carbocycles. The van der Waals surface area contributed by atoms with Gasteiger partial charge in [-0.2, -0.15) is 9.40 Å². The summed E-state index contributed by atoms with van der Waals surface area (Å²) in [5.74, 6) is 0.170. The molecule has 7 nitrogen and oxygen atoms in total. The number of hydrogen-bond acceptors (Lipinski definition) is 5. The van der Waals surface area contributed by atoms with Crippen molar-refractivity contribution in [3.05, 3.63) is 54.3 Å². The lowest BCUT2D eigenvalue weighted by atomic mass is 10.1. The van der Waals surface area contributed by atoms with Crippen molar-refractivity contribution in [2.24, 2.45) is 0 Å². The smallest absolute Gasteiger partial charge is 0.246 e. The van der Waals surface area contributed by atoms with E-state index < -0.39 is 16.1 Å². The molecular formula is C20H23FN4O3S. The zero-order chi connectivity index (χ0) is 20.4. The van der Waals surface area contributed by atoms with Crippen molar-refractivity contribution in [3.63, 3.8) is 0 Å². The molecule has 1 saturated heterocycles. The van der Waals surface area contributed by atoms with Gasteiger partial charge < -0.3 is 4.52 Å². The number of aromatic nitrogens is 3. The Morgan fingerprint density at radius 2 is 2.00 bits per heavy atom. The normalized spacial score (nSPS) is 18.6. The van der Waals surface area contributed by atoms with E-state index in [0.29, 0.717) is 36.5 Å². The molecule has 9 heteroatoms. The molecule has 0 aliphatic carbocycles. The molecule has 0 amide bonds. The molecule has 4 rings (SSSR count). The number of sulfonamides is 1. The maximum absolute atomic E-state index is 13.3. The summed E-state index contributed by atoms with van der Waals surface area (Å²) < 4.78 is 48.5. The molecule has 1 atom stereocenters. The van der Waals surface area contributed by atoms with E-state index in [-0.39, 0.29) is 10.7 Å². The molecule has 0 saturated carbocycles. The molecule has 1 unspecified atom stereocenters. The first-order valence-electron chi connectivity index (χ1n) is 9.76. The van der Waals surface area contributed by atoms with E-state index in [1.807, 2.05) is 6.92 Å². The van der Waals surface area contributed by atoms with Crippen molar-refractivity contribution < 1.29 is 17.3 Å². The van der Waals surface area contributed by atoms with E-state index in [1.54, 1.807) is 29.1 Å². The molecule has 0 bridgehead atoms. The van der Waals surface area contributed by atoms with Crippen LogP contribution in [0, 0.1) is 5.82 Å². The van der Waals surface area contributed by atoms with E-state index in [0.717, 1.165) is 19.3 Å². The average molecular weight is 418 g/mol. The number of halogens is 1.